The van der Waals surface area contributed by atoms with Crippen molar-refractivity contribution in [1.29, 1.82) is 0 Å². The molecule has 0 amide bonds. The lowest BCUT2D eigenvalue weighted by Gasteiger charge is -2.28. The van der Waals surface area contributed by atoms with Crippen molar-refractivity contribution >= 4 is 5.97 Å². The van der Waals surface area contributed by atoms with Crippen LogP contribution in [0.2, 0.25) is 0 Å². The van der Waals surface area contributed by atoms with Gasteiger partial charge in [0.05, 0.1) is 26.3 Å². The molecule has 0 aromatic heterocycles. The van der Waals surface area contributed by atoms with Gasteiger partial charge in [-0.1, -0.05) is 50.8 Å². The first-order valence-corrected chi connectivity index (χ1v) is 8.67. The minimum absolute atomic E-state index is 0. The maximum absolute atomic E-state index is 11.9. The predicted molar refractivity (Wildman–Crippen MR) is 93.3 cm³/mol. The van der Waals surface area contributed by atoms with E-state index in [0.717, 1.165) is 19.6 Å². The largest absolute Gasteiger partial charge is 1.00 e. The van der Waals surface area contributed by atoms with Gasteiger partial charge in [0, 0.05) is 0 Å². The monoisotopic (exact) mass is 357 g/mol. The number of likely N-dealkylation sites (N-methyl/N-ethyl adjacent to an activating group) is 1. The van der Waals surface area contributed by atoms with Crippen LogP contribution >= 0.6 is 0 Å². The van der Waals surface area contributed by atoms with Crippen molar-refractivity contribution in [3.05, 3.63) is 35.9 Å². The van der Waals surface area contributed by atoms with E-state index in [1.54, 1.807) is 12.1 Å². The highest BCUT2D eigenvalue weighted by molar-refractivity contribution is 5.89. The molecule has 0 saturated carbocycles. The van der Waals surface area contributed by atoms with Crippen LogP contribution in [0.1, 0.15) is 49.4 Å². The molecule has 24 heavy (non-hydrogen) atoms. The fraction of sp³-hybridized carbons (Fsp3) is 0.632. The third-order valence-electron chi connectivity index (χ3n) is 3.77. The summed E-state index contributed by atoms with van der Waals surface area (Å²) in [6.45, 7) is 4.84. The zero-order chi connectivity index (χ0) is 17.0. The molecule has 0 aliphatic carbocycles. The van der Waals surface area contributed by atoms with Crippen molar-refractivity contribution < 1.29 is 31.2 Å². The van der Waals surface area contributed by atoms with Gasteiger partial charge in [0.25, 0.3) is 0 Å². The summed E-state index contributed by atoms with van der Waals surface area (Å²) < 4.78 is 11.8. The first-order chi connectivity index (χ1) is 11.0. The van der Waals surface area contributed by atoms with Crippen LogP contribution in [-0.2, 0) is 9.47 Å². The quantitative estimate of drug-likeness (QED) is 0.241. The maximum Gasteiger partial charge on any atom is 0.338 e. The highest BCUT2D eigenvalue weighted by atomic mass is 35.5. The van der Waals surface area contributed by atoms with E-state index in [-0.39, 0.29) is 18.4 Å². The van der Waals surface area contributed by atoms with Crippen LogP contribution in [-0.4, -0.2) is 51.0 Å². The normalized spacial score (nSPS) is 11.0. The Morgan fingerprint density at radius 2 is 1.67 bits per heavy atom. The number of halogens is 1. The summed E-state index contributed by atoms with van der Waals surface area (Å²) in [4.78, 5) is 11.9. The second kappa shape index (κ2) is 13.2. The second-order valence-electron chi connectivity index (χ2n) is 6.61. The fourth-order valence-electron chi connectivity index (χ4n) is 2.23. The number of quaternary nitrogens is 1. The number of benzene rings is 1. The maximum atomic E-state index is 11.9. The fourth-order valence-corrected chi connectivity index (χ4v) is 2.23. The van der Waals surface area contributed by atoms with Crippen molar-refractivity contribution in [2.24, 2.45) is 0 Å². The smallest absolute Gasteiger partial charge is 0.338 e. The highest BCUT2D eigenvalue weighted by Crippen LogP contribution is 2.05. The van der Waals surface area contributed by atoms with E-state index in [4.69, 9.17) is 9.47 Å². The Hall–Kier alpha value is -1.10. The molecule has 0 aliphatic heterocycles. The average molecular weight is 358 g/mol. The minimum atomic E-state index is -0.262. The zero-order valence-electron chi connectivity index (χ0n) is 15.3. The summed E-state index contributed by atoms with van der Waals surface area (Å²) >= 11 is 0. The van der Waals surface area contributed by atoms with Gasteiger partial charge in [-0.05, 0) is 18.6 Å². The Bertz CT molecular complexity index is 437. The van der Waals surface area contributed by atoms with E-state index in [1.165, 1.54) is 25.7 Å². The summed E-state index contributed by atoms with van der Waals surface area (Å²) in [6, 6.07) is 9.10. The van der Waals surface area contributed by atoms with Crippen molar-refractivity contribution in [1.82, 2.24) is 0 Å². The lowest BCUT2D eigenvalue weighted by Crippen LogP contribution is -3.00. The van der Waals surface area contributed by atoms with Gasteiger partial charge in [-0.15, -0.1) is 0 Å². The summed E-state index contributed by atoms with van der Waals surface area (Å²) in [5.74, 6) is -0.262. The molecule has 1 aromatic carbocycles. The van der Waals surface area contributed by atoms with E-state index in [0.29, 0.717) is 23.4 Å². The number of carbonyl (C=O) groups is 1. The first-order valence-electron chi connectivity index (χ1n) is 8.67. The summed E-state index contributed by atoms with van der Waals surface area (Å²) in [5.41, 5.74) is 0.598. The van der Waals surface area contributed by atoms with Crippen LogP contribution in [0.15, 0.2) is 30.3 Å². The third kappa shape index (κ3) is 10.6. The molecular formula is C19H32ClNO3. The molecule has 5 heteroatoms. The van der Waals surface area contributed by atoms with E-state index in [9.17, 15) is 4.79 Å². The number of hydrogen-bond acceptors (Lipinski definition) is 3. The molecule has 0 fully saturated rings. The number of esters is 1. The van der Waals surface area contributed by atoms with Gasteiger partial charge < -0.3 is 26.4 Å². The van der Waals surface area contributed by atoms with Gasteiger partial charge in [-0.25, -0.2) is 4.79 Å². The van der Waals surface area contributed by atoms with E-state index < -0.39 is 0 Å². The van der Waals surface area contributed by atoms with Gasteiger partial charge in [-0.3, -0.25) is 0 Å². The molecule has 1 rings (SSSR count). The van der Waals surface area contributed by atoms with E-state index >= 15 is 0 Å². The number of rotatable bonds is 12. The van der Waals surface area contributed by atoms with Crippen molar-refractivity contribution in [2.75, 3.05) is 40.6 Å². The third-order valence-corrected chi connectivity index (χ3v) is 3.77. The Kier molecular flexibility index (Phi) is 12.6. The molecule has 0 spiro atoms. The molecule has 0 atom stereocenters. The van der Waals surface area contributed by atoms with E-state index in [2.05, 4.69) is 21.0 Å². The summed E-state index contributed by atoms with van der Waals surface area (Å²) in [6.07, 6.45) is 6.26. The first kappa shape index (κ1) is 22.9. The Morgan fingerprint density at radius 1 is 1.00 bits per heavy atom. The number of hydrogen-bond donors (Lipinski definition) is 0. The van der Waals surface area contributed by atoms with Gasteiger partial charge in [-0.2, -0.15) is 0 Å². The molecule has 138 valence electrons. The molecule has 0 radical (unpaired) electrons. The minimum Gasteiger partial charge on any atom is -1.00 e. The molecule has 0 aliphatic rings. The Balaban J connectivity index is 0.00000529. The Labute approximate surface area is 153 Å². The average Bonchev–Trinajstić information content (AvgIpc) is 2.54. The number of unbranched alkanes of at least 4 members (excludes halogenated alkanes) is 4. The van der Waals surface area contributed by atoms with E-state index in [1.807, 2.05) is 18.2 Å². The van der Waals surface area contributed by atoms with Crippen LogP contribution in [0, 0.1) is 0 Å². The molecule has 0 saturated heterocycles. The number of carbonyl (C=O) groups excluding carboxylic acids is 1. The number of ether oxygens (including phenoxy) is 2. The molecule has 0 heterocycles. The van der Waals surface area contributed by atoms with Crippen LogP contribution in [0.4, 0.5) is 0 Å². The van der Waals surface area contributed by atoms with Gasteiger partial charge in [0.2, 0.25) is 0 Å². The van der Waals surface area contributed by atoms with Gasteiger partial charge in [0.15, 0.2) is 6.73 Å². The summed E-state index contributed by atoms with van der Waals surface area (Å²) in [5, 5.41) is 0. The van der Waals surface area contributed by atoms with Crippen LogP contribution in [0.5, 0.6) is 0 Å². The van der Waals surface area contributed by atoms with Gasteiger partial charge >= 0.3 is 5.97 Å². The summed E-state index contributed by atoms with van der Waals surface area (Å²) in [7, 11) is 4.18. The molecule has 0 N–H and O–H groups in total. The topological polar surface area (TPSA) is 35.5 Å². The lowest BCUT2D eigenvalue weighted by molar-refractivity contribution is -0.909. The molecule has 0 bridgehead atoms. The number of nitrogens with zero attached hydrogens (tertiary/aromatic N) is 1. The van der Waals surface area contributed by atoms with Crippen molar-refractivity contribution in [3.63, 3.8) is 0 Å². The molecule has 1 aromatic rings. The van der Waals surface area contributed by atoms with Gasteiger partial charge in [0.1, 0.15) is 13.2 Å². The van der Waals surface area contributed by atoms with Crippen LogP contribution in [0.25, 0.3) is 0 Å². The lowest BCUT2D eigenvalue weighted by atomic mass is 10.2. The SMILES string of the molecule is CCCCCCCOC[N+](C)(C)CCOC(=O)c1ccccc1.[Cl-]. The molecular weight excluding hydrogens is 326 g/mol. The zero-order valence-corrected chi connectivity index (χ0v) is 16.1. The second-order valence-corrected chi connectivity index (χ2v) is 6.61. The predicted octanol–water partition coefficient (Wildman–Crippen LogP) is 0.868. The van der Waals surface area contributed by atoms with Crippen molar-refractivity contribution in [2.45, 2.75) is 39.0 Å². The van der Waals surface area contributed by atoms with Crippen LogP contribution in [0.3, 0.4) is 0 Å². The highest BCUT2D eigenvalue weighted by Gasteiger charge is 2.16. The molecule has 4 nitrogen and oxygen atoms in total. The molecule has 0 unspecified atom stereocenters. The van der Waals surface area contributed by atoms with Crippen molar-refractivity contribution in [3.8, 4) is 0 Å². The standard InChI is InChI=1S/C19H32NO3.ClH/c1-4-5-6-7-11-15-22-17-20(2,3)14-16-23-19(21)18-12-9-8-10-13-18;/h8-10,12-13H,4-7,11,14-17H2,1-3H3;1H/q+1;/p-1. The Morgan fingerprint density at radius 3 is 2.33 bits per heavy atom. The van der Waals surface area contributed by atoms with Crippen LogP contribution < -0.4 is 12.4 Å².